The molecule has 0 saturated heterocycles. The number of benzene rings is 1. The predicted molar refractivity (Wildman–Crippen MR) is 98.9 cm³/mol. The molecule has 24 heavy (non-hydrogen) atoms. The number of hydrogen-bond acceptors (Lipinski definition) is 4. The predicted octanol–water partition coefficient (Wildman–Crippen LogP) is 4.85. The molecule has 0 aliphatic heterocycles. The number of esters is 1. The zero-order valence-electron chi connectivity index (χ0n) is 13.7. The van der Waals surface area contributed by atoms with Gasteiger partial charge in [0.15, 0.2) is 0 Å². The van der Waals surface area contributed by atoms with E-state index in [0.717, 1.165) is 16.0 Å². The lowest BCUT2D eigenvalue weighted by molar-refractivity contribution is -0.111. The van der Waals surface area contributed by atoms with Gasteiger partial charge in [-0.3, -0.25) is 4.79 Å². The number of halogens is 1. The van der Waals surface area contributed by atoms with Crippen molar-refractivity contribution in [2.24, 2.45) is 0 Å². The summed E-state index contributed by atoms with van der Waals surface area (Å²) in [6.07, 6.45) is 3.02. The molecule has 0 bridgehead atoms. The first-order valence-electron chi connectivity index (χ1n) is 7.44. The van der Waals surface area contributed by atoms with Crippen molar-refractivity contribution in [3.63, 3.8) is 0 Å². The Kier molecular flexibility index (Phi) is 6.17. The molecule has 1 aromatic heterocycles. The van der Waals surface area contributed by atoms with Crippen LogP contribution in [0.25, 0.3) is 6.08 Å². The minimum absolute atomic E-state index is 0.285. The number of ether oxygens (including phenoxy) is 1. The monoisotopic (exact) mass is 363 g/mol. The summed E-state index contributed by atoms with van der Waals surface area (Å²) in [4.78, 5) is 25.2. The molecule has 1 aromatic carbocycles. The number of anilines is 1. The normalized spacial score (nSPS) is 10.8. The average molecular weight is 364 g/mol. The first-order valence-corrected chi connectivity index (χ1v) is 8.64. The van der Waals surface area contributed by atoms with Crippen molar-refractivity contribution in [2.75, 3.05) is 11.9 Å². The van der Waals surface area contributed by atoms with Gasteiger partial charge in [0.2, 0.25) is 5.91 Å². The quantitative estimate of drug-likeness (QED) is 0.610. The van der Waals surface area contributed by atoms with Crippen LogP contribution in [-0.4, -0.2) is 18.5 Å². The van der Waals surface area contributed by atoms with E-state index in [1.54, 1.807) is 19.1 Å². The number of rotatable bonds is 5. The van der Waals surface area contributed by atoms with Crippen molar-refractivity contribution in [2.45, 2.75) is 20.8 Å². The van der Waals surface area contributed by atoms with Crippen molar-refractivity contribution in [3.8, 4) is 0 Å². The van der Waals surface area contributed by atoms with E-state index < -0.39 is 5.97 Å². The Labute approximate surface area is 150 Å². The molecule has 2 rings (SSSR count). The van der Waals surface area contributed by atoms with Gasteiger partial charge in [0.05, 0.1) is 12.2 Å². The van der Waals surface area contributed by atoms with E-state index in [0.29, 0.717) is 15.6 Å². The third kappa shape index (κ3) is 4.24. The van der Waals surface area contributed by atoms with Crippen LogP contribution in [0.2, 0.25) is 5.02 Å². The second-order valence-corrected chi connectivity index (χ2v) is 6.68. The Hall–Kier alpha value is -2.11. The van der Waals surface area contributed by atoms with Crippen LogP contribution >= 0.6 is 22.9 Å². The summed E-state index contributed by atoms with van der Waals surface area (Å²) >= 11 is 7.41. The summed E-state index contributed by atoms with van der Waals surface area (Å²) in [6, 6.07) is 7.23. The standard InChI is InChI=1S/C18H18ClNO3S/c1-4-23-18(22)16-11(2)12(3)24-17(16)20-15(21)10-9-13-7-5-6-8-14(13)19/h5-10H,4H2,1-3H3,(H,20,21). The highest BCUT2D eigenvalue weighted by molar-refractivity contribution is 7.16. The Morgan fingerprint density at radius 2 is 2.00 bits per heavy atom. The number of aryl methyl sites for hydroxylation is 1. The summed E-state index contributed by atoms with van der Waals surface area (Å²) in [5.41, 5.74) is 1.99. The fraction of sp³-hybridized carbons (Fsp3) is 0.222. The van der Waals surface area contributed by atoms with Crippen molar-refractivity contribution >= 4 is 45.9 Å². The van der Waals surface area contributed by atoms with Crippen molar-refractivity contribution in [1.82, 2.24) is 0 Å². The SMILES string of the molecule is CCOC(=O)c1c(NC(=O)C=Cc2ccccc2Cl)sc(C)c1C. The highest BCUT2D eigenvalue weighted by atomic mass is 35.5. The average Bonchev–Trinajstić information content (AvgIpc) is 2.81. The zero-order chi connectivity index (χ0) is 17.7. The zero-order valence-corrected chi connectivity index (χ0v) is 15.3. The largest absolute Gasteiger partial charge is 0.462 e. The lowest BCUT2D eigenvalue weighted by atomic mass is 10.1. The molecule has 0 spiro atoms. The highest BCUT2D eigenvalue weighted by Crippen LogP contribution is 2.33. The van der Waals surface area contributed by atoms with E-state index in [4.69, 9.17) is 16.3 Å². The summed E-state index contributed by atoms with van der Waals surface area (Å²) < 4.78 is 5.07. The van der Waals surface area contributed by atoms with E-state index in [-0.39, 0.29) is 12.5 Å². The minimum atomic E-state index is -0.426. The molecule has 0 radical (unpaired) electrons. The lowest BCUT2D eigenvalue weighted by Gasteiger charge is -2.05. The van der Waals surface area contributed by atoms with E-state index in [1.807, 2.05) is 32.0 Å². The van der Waals surface area contributed by atoms with Crippen molar-refractivity contribution < 1.29 is 14.3 Å². The van der Waals surface area contributed by atoms with E-state index in [2.05, 4.69) is 5.32 Å². The maximum Gasteiger partial charge on any atom is 0.341 e. The number of amides is 1. The van der Waals surface area contributed by atoms with Gasteiger partial charge in [0.1, 0.15) is 5.00 Å². The Bertz CT molecular complexity index is 796. The third-order valence-corrected chi connectivity index (χ3v) is 4.89. The van der Waals surface area contributed by atoms with Gasteiger partial charge in [-0.2, -0.15) is 0 Å². The molecule has 0 saturated carbocycles. The van der Waals surface area contributed by atoms with Gasteiger partial charge >= 0.3 is 5.97 Å². The molecule has 2 aromatic rings. The third-order valence-electron chi connectivity index (χ3n) is 3.42. The summed E-state index contributed by atoms with van der Waals surface area (Å²) in [7, 11) is 0. The van der Waals surface area contributed by atoms with E-state index in [1.165, 1.54) is 17.4 Å². The molecule has 6 heteroatoms. The van der Waals surface area contributed by atoms with Crippen LogP contribution < -0.4 is 5.32 Å². The second-order valence-electron chi connectivity index (χ2n) is 5.05. The molecule has 4 nitrogen and oxygen atoms in total. The van der Waals surface area contributed by atoms with Crippen LogP contribution in [0, 0.1) is 13.8 Å². The van der Waals surface area contributed by atoms with Crippen LogP contribution in [0.15, 0.2) is 30.3 Å². The molecule has 0 fully saturated rings. The van der Waals surface area contributed by atoms with Crippen LogP contribution in [0.5, 0.6) is 0 Å². The topological polar surface area (TPSA) is 55.4 Å². The Morgan fingerprint density at radius 3 is 2.67 bits per heavy atom. The smallest absolute Gasteiger partial charge is 0.341 e. The molecule has 0 aliphatic rings. The number of carbonyl (C=O) groups is 2. The van der Waals surface area contributed by atoms with Gasteiger partial charge in [-0.1, -0.05) is 29.8 Å². The fourth-order valence-electron chi connectivity index (χ4n) is 2.09. The van der Waals surface area contributed by atoms with Gasteiger partial charge in [-0.05, 0) is 44.0 Å². The van der Waals surface area contributed by atoms with Crippen LogP contribution in [0.3, 0.4) is 0 Å². The first-order chi connectivity index (χ1) is 11.4. The first kappa shape index (κ1) is 18.2. The van der Waals surface area contributed by atoms with Crippen molar-refractivity contribution in [3.05, 3.63) is 56.9 Å². The molecule has 126 valence electrons. The van der Waals surface area contributed by atoms with Crippen LogP contribution in [-0.2, 0) is 9.53 Å². The number of carbonyl (C=O) groups excluding carboxylic acids is 2. The van der Waals surface area contributed by atoms with Gasteiger partial charge in [-0.25, -0.2) is 4.79 Å². The van der Waals surface area contributed by atoms with Gasteiger partial charge in [0.25, 0.3) is 0 Å². The molecule has 1 N–H and O–H groups in total. The molecule has 0 aliphatic carbocycles. The van der Waals surface area contributed by atoms with Crippen molar-refractivity contribution in [1.29, 1.82) is 0 Å². The summed E-state index contributed by atoms with van der Waals surface area (Å²) in [5.74, 6) is -0.758. The molecule has 1 heterocycles. The van der Waals surface area contributed by atoms with Crippen LogP contribution in [0.1, 0.15) is 33.3 Å². The summed E-state index contributed by atoms with van der Waals surface area (Å²) in [5, 5.41) is 3.81. The Balaban J connectivity index is 2.19. The molecule has 1 amide bonds. The number of thiophene rings is 1. The van der Waals surface area contributed by atoms with E-state index in [9.17, 15) is 9.59 Å². The van der Waals surface area contributed by atoms with E-state index >= 15 is 0 Å². The number of hydrogen-bond donors (Lipinski definition) is 1. The number of nitrogens with one attached hydrogen (secondary N) is 1. The highest BCUT2D eigenvalue weighted by Gasteiger charge is 2.21. The Morgan fingerprint density at radius 1 is 1.29 bits per heavy atom. The van der Waals surface area contributed by atoms with Crippen LogP contribution in [0.4, 0.5) is 5.00 Å². The fourth-order valence-corrected chi connectivity index (χ4v) is 3.34. The molecule has 0 atom stereocenters. The van der Waals surface area contributed by atoms with Gasteiger partial charge in [0, 0.05) is 16.0 Å². The second kappa shape index (κ2) is 8.13. The maximum atomic E-state index is 12.2. The minimum Gasteiger partial charge on any atom is -0.462 e. The lowest BCUT2D eigenvalue weighted by Crippen LogP contribution is -2.12. The molecular formula is C18H18ClNO3S. The maximum absolute atomic E-state index is 12.2. The summed E-state index contributed by atoms with van der Waals surface area (Å²) in [6.45, 7) is 5.77. The van der Waals surface area contributed by atoms with Gasteiger partial charge in [-0.15, -0.1) is 11.3 Å². The molecular weight excluding hydrogens is 346 g/mol. The van der Waals surface area contributed by atoms with Gasteiger partial charge < -0.3 is 10.1 Å². The molecule has 0 unspecified atom stereocenters.